The zero-order valence-corrected chi connectivity index (χ0v) is 24.1. The number of aromatic nitrogens is 2. The molecule has 2 bridgehead atoms. The number of benzene rings is 1. The van der Waals surface area contributed by atoms with Crippen LogP contribution >= 0.6 is 15.9 Å². The number of carbonyl (C=O) groups excluding carboxylic acids is 1. The summed E-state index contributed by atoms with van der Waals surface area (Å²) in [4.78, 5) is 26.8. The molecule has 39 heavy (non-hydrogen) atoms. The minimum absolute atomic E-state index is 0.0988. The van der Waals surface area contributed by atoms with Crippen molar-refractivity contribution in [3.63, 3.8) is 0 Å². The molecule has 214 valence electrons. The number of halogens is 5. The molecule has 1 amide bonds. The highest BCUT2D eigenvalue weighted by Gasteiger charge is 2.71. The van der Waals surface area contributed by atoms with Crippen LogP contribution in [-0.4, -0.2) is 89.8 Å². The Hall–Kier alpha value is -2.41. The first-order valence-corrected chi connectivity index (χ1v) is 13.7. The summed E-state index contributed by atoms with van der Waals surface area (Å²) < 4.78 is 69.3. The van der Waals surface area contributed by atoms with E-state index in [0.717, 1.165) is 18.9 Å². The predicted molar refractivity (Wildman–Crippen MR) is 140 cm³/mol. The monoisotopic (exact) mass is 617 g/mol. The van der Waals surface area contributed by atoms with Gasteiger partial charge in [0, 0.05) is 31.4 Å². The molecule has 5 rings (SSSR count). The summed E-state index contributed by atoms with van der Waals surface area (Å²) >= 11 is 2.92. The number of hydrogen-bond donors (Lipinski definition) is 0. The van der Waals surface area contributed by atoms with E-state index in [4.69, 9.17) is 9.47 Å². The molecule has 1 aliphatic carbocycles. The number of alkyl halides is 2. The van der Waals surface area contributed by atoms with Crippen LogP contribution in [0.2, 0.25) is 0 Å². The fraction of sp³-hybridized carbons (Fsp3) is 0.654. The second-order valence-electron chi connectivity index (χ2n) is 12.1. The molecule has 1 unspecified atom stereocenters. The SMILES string of the molecule is CN(C)CC1(COc2nc(N3C[C@H]4CC[C@@H](C3)N4C(=O)OC(C)(C)C)c3cc(F)c(Br)c(F)c3n2)CC1(F)F. The Bertz CT molecular complexity index is 1290. The Morgan fingerprint density at radius 1 is 1.18 bits per heavy atom. The van der Waals surface area contributed by atoms with Gasteiger partial charge in [0.05, 0.1) is 22.0 Å². The Morgan fingerprint density at radius 3 is 2.33 bits per heavy atom. The summed E-state index contributed by atoms with van der Waals surface area (Å²) in [5.41, 5.74) is -2.22. The van der Waals surface area contributed by atoms with Crippen LogP contribution in [0.25, 0.3) is 10.9 Å². The quantitative estimate of drug-likeness (QED) is 0.325. The van der Waals surface area contributed by atoms with Crippen molar-refractivity contribution >= 4 is 38.7 Å². The van der Waals surface area contributed by atoms with Crippen molar-refractivity contribution in [2.75, 3.05) is 45.2 Å². The van der Waals surface area contributed by atoms with Crippen LogP contribution in [0.5, 0.6) is 6.01 Å². The summed E-state index contributed by atoms with van der Waals surface area (Å²) in [6.45, 7) is 5.86. The number of hydrogen-bond acceptors (Lipinski definition) is 7. The molecule has 1 saturated carbocycles. The summed E-state index contributed by atoms with van der Waals surface area (Å²) in [5.74, 6) is -4.43. The molecule has 2 aliphatic heterocycles. The lowest BCUT2D eigenvalue weighted by molar-refractivity contribution is 0.0122. The number of nitrogens with zero attached hydrogens (tertiary/aromatic N) is 5. The van der Waals surface area contributed by atoms with Gasteiger partial charge in [-0.1, -0.05) is 0 Å². The van der Waals surface area contributed by atoms with Gasteiger partial charge in [-0.2, -0.15) is 9.97 Å². The lowest BCUT2D eigenvalue weighted by atomic mass is 10.1. The van der Waals surface area contributed by atoms with Crippen LogP contribution in [-0.2, 0) is 4.74 Å². The molecule has 1 aromatic heterocycles. The van der Waals surface area contributed by atoms with E-state index >= 15 is 4.39 Å². The first kappa shape index (κ1) is 28.1. The maximum atomic E-state index is 15.2. The van der Waals surface area contributed by atoms with Crippen LogP contribution in [0.3, 0.4) is 0 Å². The van der Waals surface area contributed by atoms with E-state index in [-0.39, 0.29) is 54.4 Å². The van der Waals surface area contributed by atoms with Gasteiger partial charge in [0.2, 0.25) is 0 Å². The fourth-order valence-electron chi connectivity index (χ4n) is 5.69. The van der Waals surface area contributed by atoms with E-state index in [1.807, 2.05) is 4.90 Å². The summed E-state index contributed by atoms with van der Waals surface area (Å²) in [6.07, 6.45) is 0.746. The molecule has 8 nitrogen and oxygen atoms in total. The molecule has 2 aromatic rings. The van der Waals surface area contributed by atoms with Crippen LogP contribution in [0.1, 0.15) is 40.0 Å². The van der Waals surface area contributed by atoms with E-state index in [1.165, 1.54) is 0 Å². The molecular formula is C26H32BrF4N5O3. The first-order chi connectivity index (χ1) is 18.1. The number of fused-ring (bicyclic) bond motifs is 3. The number of piperazine rings is 1. The van der Waals surface area contributed by atoms with Crippen molar-refractivity contribution < 1.29 is 31.8 Å². The Labute approximate surface area is 232 Å². The highest BCUT2D eigenvalue weighted by molar-refractivity contribution is 9.10. The largest absolute Gasteiger partial charge is 0.463 e. The topological polar surface area (TPSA) is 71.0 Å². The minimum atomic E-state index is -2.90. The van der Waals surface area contributed by atoms with E-state index < -0.39 is 39.1 Å². The number of ether oxygens (including phenoxy) is 2. The smallest absolute Gasteiger partial charge is 0.410 e. The van der Waals surface area contributed by atoms with Crippen LogP contribution < -0.4 is 9.64 Å². The normalized spacial score (nSPS) is 25.9. The highest BCUT2D eigenvalue weighted by atomic mass is 79.9. The van der Waals surface area contributed by atoms with Gasteiger partial charge >= 0.3 is 12.1 Å². The molecule has 0 N–H and O–H groups in total. The molecule has 0 radical (unpaired) electrons. The third kappa shape index (κ3) is 5.23. The van der Waals surface area contributed by atoms with Crippen molar-refractivity contribution in [1.29, 1.82) is 0 Å². The third-order valence-corrected chi connectivity index (χ3v) is 8.21. The van der Waals surface area contributed by atoms with Crippen LogP contribution in [0.15, 0.2) is 10.5 Å². The van der Waals surface area contributed by atoms with Gasteiger partial charge in [0.25, 0.3) is 5.92 Å². The van der Waals surface area contributed by atoms with E-state index in [2.05, 4.69) is 25.9 Å². The van der Waals surface area contributed by atoms with Crippen molar-refractivity contribution in [2.45, 2.75) is 63.6 Å². The first-order valence-electron chi connectivity index (χ1n) is 12.9. The summed E-state index contributed by atoms with van der Waals surface area (Å²) in [7, 11) is 3.40. The van der Waals surface area contributed by atoms with Crippen LogP contribution in [0.4, 0.5) is 28.2 Å². The van der Waals surface area contributed by atoms with Gasteiger partial charge in [-0.3, -0.25) is 4.90 Å². The molecule has 3 heterocycles. The molecule has 2 saturated heterocycles. The molecule has 13 heteroatoms. The number of carbonyl (C=O) groups is 1. The second-order valence-corrected chi connectivity index (χ2v) is 12.9. The van der Waals surface area contributed by atoms with Gasteiger partial charge < -0.3 is 19.3 Å². The molecule has 1 aromatic carbocycles. The van der Waals surface area contributed by atoms with E-state index in [0.29, 0.717) is 13.1 Å². The maximum Gasteiger partial charge on any atom is 0.410 e. The maximum absolute atomic E-state index is 15.2. The summed E-state index contributed by atoms with van der Waals surface area (Å²) in [5, 5.41) is 0.130. The Balaban J connectivity index is 1.47. The van der Waals surface area contributed by atoms with Gasteiger partial charge in [-0.25, -0.2) is 22.4 Å². The average molecular weight is 618 g/mol. The molecule has 3 atom stereocenters. The lowest BCUT2D eigenvalue weighted by Crippen LogP contribution is -2.57. The fourth-order valence-corrected chi connectivity index (χ4v) is 6.00. The Morgan fingerprint density at radius 2 is 1.79 bits per heavy atom. The molecule has 3 fully saturated rings. The summed E-state index contributed by atoms with van der Waals surface area (Å²) in [6, 6.07) is 0.503. The van der Waals surface area contributed by atoms with E-state index in [1.54, 1.807) is 44.7 Å². The van der Waals surface area contributed by atoms with Gasteiger partial charge in [0.1, 0.15) is 29.4 Å². The third-order valence-electron chi connectivity index (χ3n) is 7.48. The van der Waals surface area contributed by atoms with Gasteiger partial charge in [0.15, 0.2) is 5.82 Å². The van der Waals surface area contributed by atoms with Crippen molar-refractivity contribution in [1.82, 2.24) is 19.8 Å². The van der Waals surface area contributed by atoms with Gasteiger partial charge in [-0.05, 0) is 69.7 Å². The Kier molecular flexibility index (Phi) is 6.93. The average Bonchev–Trinajstić information content (AvgIpc) is 3.24. The zero-order chi connectivity index (χ0) is 28.5. The van der Waals surface area contributed by atoms with Crippen molar-refractivity contribution in [3.8, 4) is 6.01 Å². The minimum Gasteiger partial charge on any atom is -0.463 e. The van der Waals surface area contributed by atoms with Crippen molar-refractivity contribution in [2.24, 2.45) is 5.41 Å². The second kappa shape index (κ2) is 9.60. The number of anilines is 1. The van der Waals surface area contributed by atoms with E-state index in [9.17, 15) is 18.0 Å². The zero-order valence-electron chi connectivity index (χ0n) is 22.5. The molecule has 3 aliphatic rings. The molecule has 0 spiro atoms. The standard InChI is InChI=1S/C26H32BrF4N5O3/c1-24(2,3)39-23(37)36-14-6-7-15(36)10-35(9-14)21-16-8-17(28)18(27)19(29)20(16)32-22(33-21)38-13-25(12-34(4)5)11-26(25,30)31/h8,14-15H,6-7,9-13H2,1-5H3/t14-,15+,25?. The lowest BCUT2D eigenvalue weighted by Gasteiger charge is -2.42. The molecular weight excluding hydrogens is 586 g/mol. The highest BCUT2D eigenvalue weighted by Crippen LogP contribution is 2.60. The van der Waals surface area contributed by atoms with Crippen LogP contribution in [0, 0.1) is 17.0 Å². The number of amides is 1. The number of rotatable bonds is 6. The van der Waals surface area contributed by atoms with Crippen molar-refractivity contribution in [3.05, 3.63) is 22.2 Å². The van der Waals surface area contributed by atoms with Gasteiger partial charge in [-0.15, -0.1) is 0 Å². The predicted octanol–water partition coefficient (Wildman–Crippen LogP) is 5.22.